The number of esters is 1. The van der Waals surface area contributed by atoms with Crippen molar-refractivity contribution in [2.75, 3.05) is 13.1 Å². The molecule has 1 fully saturated rings. The molecule has 0 aromatic heterocycles. The smallest absolute Gasteiger partial charge is 0.331 e. The van der Waals surface area contributed by atoms with Crippen molar-refractivity contribution >= 4 is 12.0 Å². The van der Waals surface area contributed by atoms with Crippen LogP contribution in [-0.2, 0) is 9.53 Å². The number of hydrogen-bond acceptors (Lipinski definition) is 3. The molecule has 1 aromatic rings. The van der Waals surface area contributed by atoms with Gasteiger partial charge in [0.15, 0.2) is 0 Å². The molecule has 0 aliphatic carbocycles. The van der Waals surface area contributed by atoms with Gasteiger partial charge in [0.1, 0.15) is 6.10 Å². The Bertz CT molecular complexity index is 587. The fourth-order valence-corrected chi connectivity index (χ4v) is 3.02. The van der Waals surface area contributed by atoms with Crippen molar-refractivity contribution in [3.8, 4) is 0 Å². The molecule has 24 heavy (non-hydrogen) atoms. The molecule has 0 amide bonds. The number of hydrogen-bond donors (Lipinski definition) is 0. The molecule has 0 N–H and O–H groups in total. The van der Waals surface area contributed by atoms with Crippen LogP contribution in [-0.4, -0.2) is 36.1 Å². The molecule has 0 saturated carbocycles. The summed E-state index contributed by atoms with van der Waals surface area (Å²) in [5.74, 6) is 0.0986. The number of piperidine rings is 1. The molecule has 0 spiro atoms. The van der Waals surface area contributed by atoms with E-state index in [4.69, 9.17) is 4.74 Å². The van der Waals surface area contributed by atoms with Gasteiger partial charge in [0.25, 0.3) is 0 Å². The highest BCUT2D eigenvalue weighted by Crippen LogP contribution is 2.25. The van der Waals surface area contributed by atoms with E-state index in [9.17, 15) is 4.79 Å². The van der Waals surface area contributed by atoms with Gasteiger partial charge >= 0.3 is 5.97 Å². The summed E-state index contributed by atoms with van der Waals surface area (Å²) in [6.07, 6.45) is 6.49. The fourth-order valence-electron chi connectivity index (χ4n) is 3.02. The third kappa shape index (κ3) is 5.64. The number of benzene rings is 1. The van der Waals surface area contributed by atoms with Crippen molar-refractivity contribution in [3.63, 3.8) is 0 Å². The lowest BCUT2D eigenvalue weighted by Crippen LogP contribution is -2.48. The Kier molecular flexibility index (Phi) is 6.80. The van der Waals surface area contributed by atoms with Gasteiger partial charge in [0.05, 0.1) is 0 Å². The normalized spacial score (nSPS) is 24.8. The summed E-state index contributed by atoms with van der Waals surface area (Å²) < 4.78 is 5.70. The maximum atomic E-state index is 12.1. The summed E-state index contributed by atoms with van der Waals surface area (Å²) in [4.78, 5) is 14.6. The van der Waals surface area contributed by atoms with E-state index in [1.807, 2.05) is 30.3 Å². The molecule has 3 unspecified atom stereocenters. The number of nitrogens with zero attached hydrogens (tertiary/aromatic N) is 1. The van der Waals surface area contributed by atoms with E-state index in [1.165, 1.54) is 11.6 Å². The Labute approximate surface area is 146 Å². The SMILES string of the molecule is CC(C)=CCN1CC(C)C(OC(=O)/C=C/c2ccccc2)CC1C. The first kappa shape index (κ1) is 18.5. The van der Waals surface area contributed by atoms with Crippen LogP contribution >= 0.6 is 0 Å². The Morgan fingerprint density at radius 3 is 2.62 bits per heavy atom. The zero-order chi connectivity index (χ0) is 17.5. The zero-order valence-electron chi connectivity index (χ0n) is 15.2. The van der Waals surface area contributed by atoms with Crippen LogP contribution < -0.4 is 0 Å². The minimum atomic E-state index is -0.249. The average Bonchev–Trinajstić information content (AvgIpc) is 2.55. The van der Waals surface area contributed by atoms with Crippen LogP contribution in [0, 0.1) is 5.92 Å². The van der Waals surface area contributed by atoms with Crippen LogP contribution in [0.15, 0.2) is 48.1 Å². The zero-order valence-corrected chi connectivity index (χ0v) is 15.2. The largest absolute Gasteiger partial charge is 0.459 e. The summed E-state index contributed by atoms with van der Waals surface area (Å²) in [7, 11) is 0. The van der Waals surface area contributed by atoms with Crippen LogP contribution in [0.2, 0.25) is 0 Å². The third-order valence-electron chi connectivity index (χ3n) is 4.57. The Balaban J connectivity index is 1.88. The van der Waals surface area contributed by atoms with E-state index >= 15 is 0 Å². The number of likely N-dealkylation sites (tertiary alicyclic amines) is 1. The first-order chi connectivity index (χ1) is 11.5. The second-order valence-electron chi connectivity index (χ2n) is 7.02. The van der Waals surface area contributed by atoms with Gasteiger partial charge in [-0.25, -0.2) is 4.79 Å². The molecule has 0 radical (unpaired) electrons. The molecule has 1 saturated heterocycles. The standard InChI is InChI=1S/C21H29NO2/c1-16(2)12-13-22-15-17(3)20(14-18(22)4)24-21(23)11-10-19-8-6-5-7-9-19/h5-12,17-18,20H,13-15H2,1-4H3/b11-10+. The Morgan fingerprint density at radius 1 is 1.25 bits per heavy atom. The van der Waals surface area contributed by atoms with Crippen molar-refractivity contribution < 1.29 is 9.53 Å². The van der Waals surface area contributed by atoms with Gasteiger partial charge in [-0.15, -0.1) is 0 Å². The average molecular weight is 327 g/mol. The molecule has 1 heterocycles. The van der Waals surface area contributed by atoms with E-state index in [2.05, 4.69) is 38.7 Å². The summed E-state index contributed by atoms with van der Waals surface area (Å²) in [5, 5.41) is 0. The molecule has 0 bridgehead atoms. The van der Waals surface area contributed by atoms with E-state index in [-0.39, 0.29) is 12.1 Å². The van der Waals surface area contributed by atoms with Gasteiger partial charge < -0.3 is 4.74 Å². The summed E-state index contributed by atoms with van der Waals surface area (Å²) in [5.41, 5.74) is 2.35. The molecule has 130 valence electrons. The molecule has 1 aromatic carbocycles. The van der Waals surface area contributed by atoms with Crippen LogP contribution in [0.3, 0.4) is 0 Å². The fraction of sp³-hybridized carbons (Fsp3) is 0.476. The first-order valence-electron chi connectivity index (χ1n) is 8.77. The van der Waals surface area contributed by atoms with Crippen LogP contribution in [0.4, 0.5) is 0 Å². The topological polar surface area (TPSA) is 29.5 Å². The second kappa shape index (κ2) is 8.84. The minimum Gasteiger partial charge on any atom is -0.459 e. The van der Waals surface area contributed by atoms with Gasteiger partial charge in [-0.3, -0.25) is 4.90 Å². The summed E-state index contributed by atoms with van der Waals surface area (Å²) in [6.45, 7) is 10.6. The number of ether oxygens (including phenoxy) is 1. The van der Waals surface area contributed by atoms with E-state index < -0.39 is 0 Å². The van der Waals surface area contributed by atoms with E-state index in [0.717, 1.165) is 25.1 Å². The predicted molar refractivity (Wildman–Crippen MR) is 99.6 cm³/mol. The Hall–Kier alpha value is -1.87. The van der Waals surface area contributed by atoms with Crippen LogP contribution in [0.1, 0.15) is 39.7 Å². The highest BCUT2D eigenvalue weighted by atomic mass is 16.5. The molecular formula is C21H29NO2. The number of rotatable bonds is 5. The molecule has 1 aliphatic rings. The summed E-state index contributed by atoms with van der Waals surface area (Å²) in [6, 6.07) is 10.2. The number of carbonyl (C=O) groups is 1. The van der Waals surface area contributed by atoms with Crippen LogP contribution in [0.25, 0.3) is 6.08 Å². The molecule has 3 heteroatoms. The molecule has 3 atom stereocenters. The number of allylic oxidation sites excluding steroid dienone is 1. The molecule has 3 nitrogen and oxygen atoms in total. The lowest BCUT2D eigenvalue weighted by atomic mass is 9.91. The lowest BCUT2D eigenvalue weighted by molar-refractivity contribution is -0.149. The van der Waals surface area contributed by atoms with Crippen molar-refractivity contribution in [1.29, 1.82) is 0 Å². The lowest BCUT2D eigenvalue weighted by Gasteiger charge is -2.40. The van der Waals surface area contributed by atoms with Crippen molar-refractivity contribution in [3.05, 3.63) is 53.6 Å². The minimum absolute atomic E-state index is 0.00382. The highest BCUT2D eigenvalue weighted by Gasteiger charge is 2.32. The number of carbonyl (C=O) groups excluding carboxylic acids is 1. The molecule has 1 aliphatic heterocycles. The van der Waals surface area contributed by atoms with Gasteiger partial charge in [-0.2, -0.15) is 0 Å². The maximum absolute atomic E-state index is 12.1. The van der Waals surface area contributed by atoms with Crippen molar-refractivity contribution in [1.82, 2.24) is 4.90 Å². The first-order valence-corrected chi connectivity index (χ1v) is 8.77. The van der Waals surface area contributed by atoms with Gasteiger partial charge in [-0.05, 0) is 32.4 Å². The van der Waals surface area contributed by atoms with E-state index in [1.54, 1.807) is 6.08 Å². The van der Waals surface area contributed by atoms with Gasteiger partial charge in [-0.1, -0.05) is 48.9 Å². The maximum Gasteiger partial charge on any atom is 0.331 e. The van der Waals surface area contributed by atoms with Crippen molar-refractivity contribution in [2.24, 2.45) is 5.92 Å². The molecule has 2 rings (SSSR count). The monoisotopic (exact) mass is 327 g/mol. The quantitative estimate of drug-likeness (QED) is 0.458. The molecular weight excluding hydrogens is 298 g/mol. The summed E-state index contributed by atoms with van der Waals surface area (Å²) >= 11 is 0. The third-order valence-corrected chi connectivity index (χ3v) is 4.57. The Morgan fingerprint density at radius 2 is 1.96 bits per heavy atom. The van der Waals surface area contributed by atoms with Gasteiger partial charge in [0.2, 0.25) is 0 Å². The second-order valence-corrected chi connectivity index (χ2v) is 7.02. The van der Waals surface area contributed by atoms with Crippen molar-refractivity contribution in [2.45, 2.75) is 46.3 Å². The predicted octanol–water partition coefficient (Wildman–Crippen LogP) is 4.31. The van der Waals surface area contributed by atoms with E-state index in [0.29, 0.717) is 12.0 Å². The van der Waals surface area contributed by atoms with Gasteiger partial charge in [0, 0.05) is 37.5 Å². The van der Waals surface area contributed by atoms with Crippen LogP contribution in [0.5, 0.6) is 0 Å². The highest BCUT2D eigenvalue weighted by molar-refractivity contribution is 5.87.